The number of hydrogen-bond acceptors (Lipinski definition) is 4. The van der Waals surface area contributed by atoms with Crippen molar-refractivity contribution in [2.24, 2.45) is 0 Å². The van der Waals surface area contributed by atoms with Crippen LogP contribution in [0.5, 0.6) is 0 Å². The average molecular weight is 412 g/mol. The summed E-state index contributed by atoms with van der Waals surface area (Å²) in [6.45, 7) is 3.66. The van der Waals surface area contributed by atoms with Crippen LogP contribution in [0.15, 0.2) is 24.8 Å². The molecule has 7 heteroatoms. The van der Waals surface area contributed by atoms with Gasteiger partial charge in [-0.2, -0.15) is 0 Å². The van der Waals surface area contributed by atoms with E-state index in [1.165, 1.54) is 0 Å². The van der Waals surface area contributed by atoms with Crippen molar-refractivity contribution in [2.75, 3.05) is 6.61 Å². The molecule has 160 valence electrons. The summed E-state index contributed by atoms with van der Waals surface area (Å²) in [5.74, 6) is -4.54. The van der Waals surface area contributed by atoms with Crippen LogP contribution in [0.2, 0.25) is 0 Å². The Kier molecular flexibility index (Phi) is 9.22. The van der Waals surface area contributed by atoms with Gasteiger partial charge in [0.1, 0.15) is 6.10 Å². The topological polar surface area (TPSA) is 52.6 Å². The van der Waals surface area contributed by atoms with Gasteiger partial charge >= 0.3 is 11.9 Å². The van der Waals surface area contributed by atoms with Crippen molar-refractivity contribution >= 4 is 11.9 Å². The molecule has 1 aromatic rings. The first-order valence-electron chi connectivity index (χ1n) is 10.0. The van der Waals surface area contributed by atoms with E-state index in [2.05, 4.69) is 6.58 Å². The quantitative estimate of drug-likeness (QED) is 0.225. The Labute approximate surface area is 169 Å². The molecule has 0 saturated heterocycles. The molecule has 0 atom stereocenters. The molecule has 1 saturated carbocycles. The van der Waals surface area contributed by atoms with Crippen LogP contribution in [0.25, 0.3) is 0 Å². The highest BCUT2D eigenvalue weighted by Gasteiger charge is 2.26. The molecule has 1 aliphatic rings. The number of esters is 2. The highest BCUT2D eigenvalue weighted by Crippen LogP contribution is 2.35. The normalized spacial score (nSPS) is 18.9. The zero-order valence-corrected chi connectivity index (χ0v) is 16.4. The third-order valence-corrected chi connectivity index (χ3v) is 5.14. The molecule has 0 amide bonds. The van der Waals surface area contributed by atoms with Gasteiger partial charge in [-0.3, -0.25) is 4.79 Å². The highest BCUT2D eigenvalue weighted by molar-refractivity contribution is 5.81. The lowest BCUT2D eigenvalue weighted by Gasteiger charge is -2.28. The molecule has 1 aromatic carbocycles. The van der Waals surface area contributed by atoms with Crippen molar-refractivity contribution in [3.63, 3.8) is 0 Å². The zero-order valence-electron chi connectivity index (χ0n) is 16.4. The number of carbonyl (C=O) groups excluding carboxylic acids is 2. The summed E-state index contributed by atoms with van der Waals surface area (Å²) in [5.41, 5.74) is 0.449. The summed E-state index contributed by atoms with van der Waals surface area (Å²) >= 11 is 0. The lowest BCUT2D eigenvalue weighted by Crippen LogP contribution is -2.24. The van der Waals surface area contributed by atoms with Gasteiger partial charge in [-0.05, 0) is 62.1 Å². The van der Waals surface area contributed by atoms with Crippen LogP contribution in [0.4, 0.5) is 13.2 Å². The minimum Gasteiger partial charge on any atom is -0.463 e. The Morgan fingerprint density at radius 3 is 2.24 bits per heavy atom. The number of halogens is 3. The predicted molar refractivity (Wildman–Crippen MR) is 102 cm³/mol. The predicted octanol–water partition coefficient (Wildman–Crippen LogP) is 5.35. The standard InChI is InChI=1S/C22H27F3O4/c1-2-20(26)28-12-6-4-3-5-7-21(27)29-17-10-8-15(9-11-17)16-13-18(23)22(25)19(24)14-16/h2,13-15,17H,1,3-12H2. The van der Waals surface area contributed by atoms with E-state index in [1.54, 1.807) is 0 Å². The molecular formula is C22H27F3O4. The van der Waals surface area contributed by atoms with Gasteiger partial charge in [0.05, 0.1) is 6.61 Å². The first-order valence-corrected chi connectivity index (χ1v) is 10.0. The number of carbonyl (C=O) groups is 2. The highest BCUT2D eigenvalue weighted by atomic mass is 19.2. The molecule has 0 aromatic heterocycles. The van der Waals surface area contributed by atoms with Gasteiger partial charge in [0.25, 0.3) is 0 Å². The second-order valence-corrected chi connectivity index (χ2v) is 7.30. The van der Waals surface area contributed by atoms with E-state index in [-0.39, 0.29) is 18.0 Å². The van der Waals surface area contributed by atoms with Crippen molar-refractivity contribution in [2.45, 2.75) is 69.8 Å². The third kappa shape index (κ3) is 7.55. The van der Waals surface area contributed by atoms with Gasteiger partial charge in [-0.1, -0.05) is 19.4 Å². The van der Waals surface area contributed by atoms with Crippen molar-refractivity contribution in [1.29, 1.82) is 0 Å². The maximum atomic E-state index is 13.4. The monoisotopic (exact) mass is 412 g/mol. The average Bonchev–Trinajstić information content (AvgIpc) is 2.71. The molecule has 1 aliphatic carbocycles. The van der Waals surface area contributed by atoms with Crippen LogP contribution in [0, 0.1) is 17.5 Å². The summed E-state index contributed by atoms with van der Waals surface area (Å²) in [5, 5.41) is 0. The third-order valence-electron chi connectivity index (χ3n) is 5.14. The van der Waals surface area contributed by atoms with Gasteiger partial charge in [0.2, 0.25) is 0 Å². The minimum atomic E-state index is -1.45. The van der Waals surface area contributed by atoms with Gasteiger partial charge in [-0.15, -0.1) is 0 Å². The fourth-order valence-electron chi connectivity index (χ4n) is 3.53. The largest absolute Gasteiger partial charge is 0.463 e. The molecule has 2 rings (SSSR count). The molecule has 0 bridgehead atoms. The number of hydrogen-bond donors (Lipinski definition) is 0. The van der Waals surface area contributed by atoms with E-state index >= 15 is 0 Å². The maximum Gasteiger partial charge on any atom is 0.330 e. The van der Waals surface area contributed by atoms with Crippen LogP contribution >= 0.6 is 0 Å². The number of unbranched alkanes of at least 4 members (excludes halogenated alkanes) is 3. The minimum absolute atomic E-state index is 0.0651. The molecule has 0 unspecified atom stereocenters. The second kappa shape index (κ2) is 11.6. The molecule has 4 nitrogen and oxygen atoms in total. The van der Waals surface area contributed by atoms with Crippen LogP contribution in [0.3, 0.4) is 0 Å². The SMILES string of the molecule is C=CC(=O)OCCCCCCC(=O)OC1CCC(c2cc(F)c(F)c(F)c2)CC1. The van der Waals surface area contributed by atoms with Crippen molar-refractivity contribution < 1.29 is 32.2 Å². The molecule has 0 heterocycles. The Morgan fingerprint density at radius 2 is 1.62 bits per heavy atom. The molecule has 0 aliphatic heterocycles. The van der Waals surface area contributed by atoms with Crippen molar-refractivity contribution in [3.05, 3.63) is 47.8 Å². The smallest absolute Gasteiger partial charge is 0.330 e. The van der Waals surface area contributed by atoms with E-state index in [1.807, 2.05) is 0 Å². The van der Waals surface area contributed by atoms with Crippen LogP contribution < -0.4 is 0 Å². The van der Waals surface area contributed by atoms with Gasteiger partial charge in [0.15, 0.2) is 17.5 Å². The van der Waals surface area contributed by atoms with E-state index in [0.29, 0.717) is 50.7 Å². The number of rotatable bonds is 10. The van der Waals surface area contributed by atoms with Gasteiger partial charge in [-0.25, -0.2) is 18.0 Å². The van der Waals surface area contributed by atoms with Crippen molar-refractivity contribution in [3.8, 4) is 0 Å². The maximum absolute atomic E-state index is 13.4. The summed E-state index contributed by atoms with van der Waals surface area (Å²) in [6.07, 6.45) is 6.91. The molecule has 0 N–H and O–H groups in total. The van der Waals surface area contributed by atoms with Gasteiger partial charge in [0, 0.05) is 12.5 Å². The summed E-state index contributed by atoms with van der Waals surface area (Å²) in [7, 11) is 0. The summed E-state index contributed by atoms with van der Waals surface area (Å²) in [6, 6.07) is 2.10. The van der Waals surface area contributed by atoms with Crippen molar-refractivity contribution in [1.82, 2.24) is 0 Å². The first-order chi connectivity index (χ1) is 13.9. The Morgan fingerprint density at radius 1 is 1.00 bits per heavy atom. The van der Waals surface area contributed by atoms with Crippen LogP contribution in [-0.4, -0.2) is 24.6 Å². The van der Waals surface area contributed by atoms with Crippen LogP contribution in [0.1, 0.15) is 69.3 Å². The Balaban J connectivity index is 1.61. The van der Waals surface area contributed by atoms with E-state index in [0.717, 1.165) is 37.5 Å². The van der Waals surface area contributed by atoms with Gasteiger partial charge < -0.3 is 9.47 Å². The van der Waals surface area contributed by atoms with E-state index < -0.39 is 23.4 Å². The number of benzene rings is 1. The van der Waals surface area contributed by atoms with Crippen LogP contribution in [-0.2, 0) is 19.1 Å². The summed E-state index contributed by atoms with van der Waals surface area (Å²) in [4.78, 5) is 22.8. The lowest BCUT2D eigenvalue weighted by atomic mass is 9.82. The number of ether oxygens (including phenoxy) is 2. The molecule has 1 fully saturated rings. The van der Waals surface area contributed by atoms with E-state index in [4.69, 9.17) is 9.47 Å². The molecule has 0 spiro atoms. The molecule has 0 radical (unpaired) electrons. The molecule has 29 heavy (non-hydrogen) atoms. The fraction of sp³-hybridized carbons (Fsp3) is 0.545. The Hall–Kier alpha value is -2.31. The second-order valence-electron chi connectivity index (χ2n) is 7.30. The molecular weight excluding hydrogens is 385 g/mol. The van der Waals surface area contributed by atoms with E-state index in [9.17, 15) is 22.8 Å². The first kappa shape index (κ1) is 23.0. The zero-order chi connectivity index (χ0) is 21.2. The fourth-order valence-corrected chi connectivity index (χ4v) is 3.53. The summed E-state index contributed by atoms with van der Waals surface area (Å²) < 4.78 is 50.2. The Bertz CT molecular complexity index is 689. The lowest BCUT2D eigenvalue weighted by molar-refractivity contribution is -0.150.